The summed E-state index contributed by atoms with van der Waals surface area (Å²) in [5, 5.41) is 8.39. The van der Waals surface area contributed by atoms with Gasteiger partial charge in [-0.25, -0.2) is 4.98 Å². The summed E-state index contributed by atoms with van der Waals surface area (Å²) < 4.78 is 3.96. The Labute approximate surface area is 168 Å². The molecule has 3 aromatic heterocycles. The van der Waals surface area contributed by atoms with Crippen molar-refractivity contribution in [1.82, 2.24) is 29.0 Å². The van der Waals surface area contributed by atoms with Crippen molar-refractivity contribution < 1.29 is 4.79 Å². The monoisotopic (exact) mass is 387 g/mol. The average Bonchev–Trinajstić information content (AvgIpc) is 3.44. The van der Waals surface area contributed by atoms with E-state index in [0.717, 1.165) is 23.0 Å². The lowest BCUT2D eigenvalue weighted by molar-refractivity contribution is 0.0746. The van der Waals surface area contributed by atoms with E-state index in [0.29, 0.717) is 31.7 Å². The minimum absolute atomic E-state index is 0.0631. The summed E-state index contributed by atoms with van der Waals surface area (Å²) in [5.41, 5.74) is 2.51. The zero-order chi connectivity index (χ0) is 19.8. The molecule has 1 saturated heterocycles. The lowest BCUT2D eigenvalue weighted by Crippen LogP contribution is -2.49. The van der Waals surface area contributed by atoms with Gasteiger partial charge in [-0.3, -0.25) is 9.20 Å². The van der Waals surface area contributed by atoms with Gasteiger partial charge in [0.05, 0.1) is 0 Å². The third-order valence-electron chi connectivity index (χ3n) is 5.36. The highest BCUT2D eigenvalue weighted by molar-refractivity contribution is 5.94. The largest absolute Gasteiger partial charge is 0.350 e. The number of aromatic nitrogens is 5. The van der Waals surface area contributed by atoms with E-state index < -0.39 is 0 Å². The van der Waals surface area contributed by atoms with Crippen LogP contribution < -0.4 is 4.90 Å². The molecule has 8 heteroatoms. The summed E-state index contributed by atoms with van der Waals surface area (Å²) in [4.78, 5) is 21.5. The maximum absolute atomic E-state index is 12.9. The molecule has 1 amide bonds. The van der Waals surface area contributed by atoms with Crippen molar-refractivity contribution in [1.29, 1.82) is 0 Å². The van der Waals surface area contributed by atoms with Crippen LogP contribution in [0.15, 0.2) is 61.2 Å². The topological polar surface area (TPSA) is 71.6 Å². The Kier molecular flexibility index (Phi) is 4.23. The van der Waals surface area contributed by atoms with Crippen LogP contribution in [0.3, 0.4) is 0 Å². The number of rotatable bonds is 3. The second-order valence-corrected chi connectivity index (χ2v) is 7.11. The van der Waals surface area contributed by atoms with Gasteiger partial charge in [-0.2, -0.15) is 0 Å². The number of nitrogens with zero attached hydrogens (tertiary/aromatic N) is 7. The molecule has 0 atom stereocenters. The van der Waals surface area contributed by atoms with Crippen LogP contribution in [-0.2, 0) is 0 Å². The Balaban J connectivity index is 1.28. The maximum Gasteiger partial charge on any atom is 0.253 e. The Hall–Kier alpha value is -3.68. The normalized spacial score (nSPS) is 14.5. The van der Waals surface area contributed by atoms with E-state index in [1.54, 1.807) is 6.20 Å². The van der Waals surface area contributed by atoms with Crippen LogP contribution in [0.4, 0.5) is 5.82 Å². The van der Waals surface area contributed by atoms with Gasteiger partial charge >= 0.3 is 0 Å². The van der Waals surface area contributed by atoms with Gasteiger partial charge in [-0.05, 0) is 43.3 Å². The van der Waals surface area contributed by atoms with Gasteiger partial charge in [0.2, 0.25) is 5.65 Å². The molecule has 0 unspecified atom stereocenters. The van der Waals surface area contributed by atoms with E-state index in [2.05, 4.69) is 20.1 Å². The Morgan fingerprint density at radius 2 is 1.66 bits per heavy atom. The number of hydrogen-bond acceptors (Lipinski definition) is 5. The molecular weight excluding hydrogens is 366 g/mol. The molecule has 146 valence electrons. The first-order chi connectivity index (χ1) is 14.2. The SMILES string of the molecule is Cc1nnc2c(N3CCN(C(=O)c4ccc(-n5cccc5)cc4)CC3)nccn12. The minimum atomic E-state index is 0.0631. The van der Waals surface area contributed by atoms with Crippen molar-refractivity contribution in [2.24, 2.45) is 0 Å². The first-order valence-electron chi connectivity index (χ1n) is 9.65. The van der Waals surface area contributed by atoms with Gasteiger partial charge in [0.1, 0.15) is 5.82 Å². The summed E-state index contributed by atoms with van der Waals surface area (Å²) in [7, 11) is 0. The molecule has 0 bridgehead atoms. The molecule has 1 aromatic carbocycles. The summed E-state index contributed by atoms with van der Waals surface area (Å²) in [6.07, 6.45) is 7.61. The number of piperazine rings is 1. The van der Waals surface area contributed by atoms with E-state index in [4.69, 9.17) is 0 Å². The summed E-state index contributed by atoms with van der Waals surface area (Å²) in [5.74, 6) is 1.71. The lowest BCUT2D eigenvalue weighted by atomic mass is 10.1. The molecule has 8 nitrogen and oxygen atoms in total. The number of carbonyl (C=O) groups is 1. The van der Waals surface area contributed by atoms with Crippen molar-refractivity contribution >= 4 is 17.4 Å². The predicted molar refractivity (Wildman–Crippen MR) is 109 cm³/mol. The van der Waals surface area contributed by atoms with E-state index in [9.17, 15) is 4.79 Å². The molecule has 1 aliphatic rings. The number of fused-ring (bicyclic) bond motifs is 1. The molecule has 1 fully saturated rings. The van der Waals surface area contributed by atoms with Gasteiger partial charge in [-0.1, -0.05) is 0 Å². The van der Waals surface area contributed by atoms with Crippen LogP contribution in [0.5, 0.6) is 0 Å². The van der Waals surface area contributed by atoms with Crippen LogP contribution in [0.1, 0.15) is 16.2 Å². The Morgan fingerprint density at radius 3 is 2.38 bits per heavy atom. The van der Waals surface area contributed by atoms with Crippen LogP contribution >= 0.6 is 0 Å². The van der Waals surface area contributed by atoms with Gasteiger partial charge in [0, 0.05) is 62.2 Å². The zero-order valence-corrected chi connectivity index (χ0v) is 16.1. The molecule has 4 heterocycles. The Morgan fingerprint density at radius 1 is 0.931 bits per heavy atom. The fourth-order valence-electron chi connectivity index (χ4n) is 3.74. The fraction of sp³-hybridized carbons (Fsp3) is 0.238. The van der Waals surface area contributed by atoms with E-state index >= 15 is 0 Å². The number of carbonyl (C=O) groups excluding carboxylic acids is 1. The van der Waals surface area contributed by atoms with Crippen molar-refractivity contribution in [3.05, 3.63) is 72.6 Å². The van der Waals surface area contributed by atoms with E-state index in [1.807, 2.05) is 75.8 Å². The fourth-order valence-corrected chi connectivity index (χ4v) is 3.74. The van der Waals surface area contributed by atoms with Gasteiger partial charge in [0.15, 0.2) is 5.82 Å². The second kappa shape index (κ2) is 7.05. The number of hydrogen-bond donors (Lipinski definition) is 0. The van der Waals surface area contributed by atoms with Crippen LogP contribution in [0.2, 0.25) is 0 Å². The minimum Gasteiger partial charge on any atom is -0.350 e. The van der Waals surface area contributed by atoms with Crippen molar-refractivity contribution in [2.45, 2.75) is 6.92 Å². The molecule has 0 saturated carbocycles. The third-order valence-corrected chi connectivity index (χ3v) is 5.36. The molecule has 29 heavy (non-hydrogen) atoms. The molecule has 0 aliphatic carbocycles. The molecule has 1 aliphatic heterocycles. The van der Waals surface area contributed by atoms with Gasteiger partial charge in [-0.15, -0.1) is 10.2 Å². The van der Waals surface area contributed by atoms with Crippen LogP contribution in [0, 0.1) is 6.92 Å². The first-order valence-corrected chi connectivity index (χ1v) is 9.65. The molecular formula is C21H21N7O. The first kappa shape index (κ1) is 17.4. The molecule has 5 rings (SSSR count). The van der Waals surface area contributed by atoms with Crippen molar-refractivity contribution in [3.63, 3.8) is 0 Å². The predicted octanol–water partition coefficient (Wildman–Crippen LogP) is 2.19. The number of benzene rings is 1. The lowest BCUT2D eigenvalue weighted by Gasteiger charge is -2.35. The average molecular weight is 387 g/mol. The number of amides is 1. The number of anilines is 1. The summed E-state index contributed by atoms with van der Waals surface area (Å²) in [6, 6.07) is 11.7. The van der Waals surface area contributed by atoms with E-state index in [-0.39, 0.29) is 5.91 Å². The highest BCUT2D eigenvalue weighted by atomic mass is 16.2. The number of aryl methyl sites for hydroxylation is 1. The second-order valence-electron chi connectivity index (χ2n) is 7.11. The van der Waals surface area contributed by atoms with Crippen LogP contribution in [0.25, 0.3) is 11.3 Å². The van der Waals surface area contributed by atoms with Crippen LogP contribution in [-0.4, -0.2) is 61.1 Å². The zero-order valence-electron chi connectivity index (χ0n) is 16.1. The standard InChI is InChI=1S/C21H21N7O/c1-16-23-24-20-19(22-8-11-28(16)20)26-12-14-27(15-13-26)21(29)17-4-6-18(7-5-17)25-9-2-3-10-25/h2-11H,12-15H2,1H3. The van der Waals surface area contributed by atoms with Crippen molar-refractivity contribution in [3.8, 4) is 5.69 Å². The molecule has 0 radical (unpaired) electrons. The van der Waals surface area contributed by atoms with E-state index in [1.165, 1.54) is 0 Å². The third kappa shape index (κ3) is 3.12. The molecule has 0 N–H and O–H groups in total. The summed E-state index contributed by atoms with van der Waals surface area (Å²) in [6.45, 7) is 4.64. The smallest absolute Gasteiger partial charge is 0.253 e. The molecule has 0 spiro atoms. The summed E-state index contributed by atoms with van der Waals surface area (Å²) >= 11 is 0. The highest BCUT2D eigenvalue weighted by Crippen LogP contribution is 2.20. The molecule has 4 aromatic rings. The van der Waals surface area contributed by atoms with Gasteiger partial charge < -0.3 is 14.4 Å². The quantitative estimate of drug-likeness (QED) is 0.539. The maximum atomic E-state index is 12.9. The Bertz CT molecular complexity index is 1140. The van der Waals surface area contributed by atoms with Crippen molar-refractivity contribution in [2.75, 3.05) is 31.1 Å². The highest BCUT2D eigenvalue weighted by Gasteiger charge is 2.24. The van der Waals surface area contributed by atoms with Gasteiger partial charge in [0.25, 0.3) is 5.91 Å².